The highest BCUT2D eigenvalue weighted by Crippen LogP contribution is 2.20. The van der Waals surface area contributed by atoms with E-state index in [-0.39, 0.29) is 0 Å². The van der Waals surface area contributed by atoms with Crippen molar-refractivity contribution in [3.63, 3.8) is 0 Å². The van der Waals surface area contributed by atoms with E-state index in [0.717, 1.165) is 15.8 Å². The highest BCUT2D eigenvalue weighted by atomic mass is 79.9. The van der Waals surface area contributed by atoms with E-state index in [4.69, 9.17) is 4.42 Å². The summed E-state index contributed by atoms with van der Waals surface area (Å²) in [5.74, 6) is 0.738. The van der Waals surface area contributed by atoms with E-state index in [1.807, 2.05) is 24.3 Å². The van der Waals surface area contributed by atoms with Gasteiger partial charge in [0, 0.05) is 10.0 Å². The van der Waals surface area contributed by atoms with Crippen molar-refractivity contribution in [3.8, 4) is 11.3 Å². The van der Waals surface area contributed by atoms with Crippen LogP contribution in [0.2, 0.25) is 0 Å². The van der Waals surface area contributed by atoms with E-state index in [2.05, 4.69) is 27.3 Å². The minimum atomic E-state index is 0.738. The molecule has 0 spiro atoms. The van der Waals surface area contributed by atoms with Crippen molar-refractivity contribution in [3.05, 3.63) is 41.3 Å². The average Bonchev–Trinajstić information content (AvgIpc) is 2.58. The zero-order valence-corrected chi connectivity index (χ0v) is 7.71. The first-order chi connectivity index (χ1) is 5.86. The monoisotopic (exact) mass is 222 g/mol. The summed E-state index contributed by atoms with van der Waals surface area (Å²) >= 11 is 3.35. The maximum absolute atomic E-state index is 5.01. The normalized spacial score (nSPS) is 10.1. The Balaban J connectivity index is 2.43. The molecule has 0 unspecified atom stereocenters. The second-order valence-electron chi connectivity index (χ2n) is 2.32. The number of benzene rings is 1. The molecule has 0 aliphatic rings. The lowest BCUT2D eigenvalue weighted by atomic mass is 10.2. The van der Waals surface area contributed by atoms with Gasteiger partial charge in [0.05, 0.1) is 6.20 Å². The third-order valence-electron chi connectivity index (χ3n) is 1.52. The van der Waals surface area contributed by atoms with E-state index < -0.39 is 0 Å². The molecule has 0 aliphatic carbocycles. The number of hydrogen-bond donors (Lipinski definition) is 0. The fourth-order valence-corrected chi connectivity index (χ4v) is 1.20. The Bertz CT molecular complexity index is 353. The van der Waals surface area contributed by atoms with E-state index in [0.29, 0.717) is 0 Å². The second kappa shape index (κ2) is 3.11. The first kappa shape index (κ1) is 7.55. The number of hydrogen-bond acceptors (Lipinski definition) is 2. The van der Waals surface area contributed by atoms with E-state index in [9.17, 15) is 0 Å². The molecule has 0 saturated carbocycles. The summed E-state index contributed by atoms with van der Waals surface area (Å²) in [5, 5.41) is 0. The van der Waals surface area contributed by atoms with Gasteiger partial charge in [-0.1, -0.05) is 28.1 Å². The molecule has 0 N–H and O–H groups in total. The molecule has 12 heavy (non-hydrogen) atoms. The van der Waals surface area contributed by atoms with Crippen LogP contribution in [0.3, 0.4) is 0 Å². The number of nitrogens with zero attached hydrogens (tertiary/aromatic N) is 1. The van der Waals surface area contributed by atoms with Crippen LogP contribution in [0.1, 0.15) is 0 Å². The molecule has 1 radical (unpaired) electrons. The van der Waals surface area contributed by atoms with Gasteiger partial charge in [0.15, 0.2) is 5.76 Å². The van der Waals surface area contributed by atoms with Crippen LogP contribution in [0.5, 0.6) is 0 Å². The van der Waals surface area contributed by atoms with E-state index in [1.54, 1.807) is 6.20 Å². The molecule has 1 heterocycles. The van der Waals surface area contributed by atoms with Gasteiger partial charge in [0.2, 0.25) is 0 Å². The predicted octanol–water partition coefficient (Wildman–Crippen LogP) is 2.90. The molecule has 0 fully saturated rings. The van der Waals surface area contributed by atoms with Gasteiger partial charge in [-0.2, -0.15) is 0 Å². The van der Waals surface area contributed by atoms with Crippen molar-refractivity contribution < 1.29 is 4.42 Å². The van der Waals surface area contributed by atoms with Crippen LogP contribution in [0, 0.1) is 6.39 Å². The fraction of sp³-hybridized carbons (Fsp3) is 0. The van der Waals surface area contributed by atoms with Crippen molar-refractivity contribution in [1.82, 2.24) is 4.98 Å². The molecule has 0 amide bonds. The van der Waals surface area contributed by atoms with Crippen LogP contribution in [-0.4, -0.2) is 4.98 Å². The Hall–Kier alpha value is -1.09. The predicted molar refractivity (Wildman–Crippen MR) is 48.5 cm³/mol. The maximum Gasteiger partial charge on any atom is 0.284 e. The van der Waals surface area contributed by atoms with Gasteiger partial charge in [0.25, 0.3) is 6.39 Å². The summed E-state index contributed by atoms with van der Waals surface area (Å²) in [4.78, 5) is 3.72. The van der Waals surface area contributed by atoms with Gasteiger partial charge in [0.1, 0.15) is 0 Å². The van der Waals surface area contributed by atoms with Crippen molar-refractivity contribution in [2.75, 3.05) is 0 Å². The largest absolute Gasteiger partial charge is 0.432 e. The smallest absolute Gasteiger partial charge is 0.284 e. The molecule has 2 rings (SSSR count). The maximum atomic E-state index is 5.01. The summed E-state index contributed by atoms with van der Waals surface area (Å²) in [6.45, 7) is 0. The van der Waals surface area contributed by atoms with Crippen molar-refractivity contribution in [2.45, 2.75) is 0 Å². The number of rotatable bonds is 1. The summed E-state index contributed by atoms with van der Waals surface area (Å²) < 4.78 is 6.06. The lowest BCUT2D eigenvalue weighted by Gasteiger charge is -1.94. The van der Waals surface area contributed by atoms with E-state index >= 15 is 0 Å². The Kier molecular flexibility index (Phi) is 1.96. The molecule has 2 aromatic rings. The zero-order chi connectivity index (χ0) is 8.39. The summed E-state index contributed by atoms with van der Waals surface area (Å²) in [7, 11) is 0. The van der Waals surface area contributed by atoms with Gasteiger partial charge >= 0.3 is 0 Å². The van der Waals surface area contributed by atoms with Crippen molar-refractivity contribution in [2.24, 2.45) is 0 Å². The van der Waals surface area contributed by atoms with E-state index in [1.165, 1.54) is 0 Å². The first-order valence-electron chi connectivity index (χ1n) is 3.44. The molecule has 0 aliphatic heterocycles. The summed E-state index contributed by atoms with van der Waals surface area (Å²) in [6, 6.07) is 7.83. The third kappa shape index (κ3) is 1.41. The van der Waals surface area contributed by atoms with Gasteiger partial charge in [-0.15, -0.1) is 0 Å². The van der Waals surface area contributed by atoms with Crippen molar-refractivity contribution >= 4 is 15.9 Å². The quantitative estimate of drug-likeness (QED) is 0.742. The first-order valence-corrected chi connectivity index (χ1v) is 4.23. The highest BCUT2D eigenvalue weighted by Gasteiger charge is 1.99. The van der Waals surface area contributed by atoms with Crippen LogP contribution < -0.4 is 0 Å². The highest BCUT2D eigenvalue weighted by molar-refractivity contribution is 9.10. The number of aromatic nitrogens is 1. The lowest BCUT2D eigenvalue weighted by molar-refractivity contribution is 0.561. The number of halogens is 1. The van der Waals surface area contributed by atoms with Crippen LogP contribution >= 0.6 is 15.9 Å². The van der Waals surface area contributed by atoms with Gasteiger partial charge in [-0.05, 0) is 12.1 Å². The molecular weight excluding hydrogens is 218 g/mol. The minimum absolute atomic E-state index is 0.738. The van der Waals surface area contributed by atoms with Crippen molar-refractivity contribution in [1.29, 1.82) is 0 Å². The Labute approximate surface area is 78.4 Å². The molecular formula is C9H5BrNO. The summed E-state index contributed by atoms with van der Waals surface area (Å²) in [5.41, 5.74) is 1.01. The molecule has 2 nitrogen and oxygen atoms in total. The van der Waals surface area contributed by atoms with Gasteiger partial charge in [-0.25, -0.2) is 4.98 Å². The van der Waals surface area contributed by atoms with Crippen LogP contribution in [0.4, 0.5) is 0 Å². The Morgan fingerprint density at radius 1 is 1.25 bits per heavy atom. The van der Waals surface area contributed by atoms with Gasteiger partial charge in [-0.3, -0.25) is 0 Å². The molecule has 1 aromatic heterocycles. The third-order valence-corrected chi connectivity index (χ3v) is 2.05. The lowest BCUT2D eigenvalue weighted by Crippen LogP contribution is -1.71. The topological polar surface area (TPSA) is 26.0 Å². The molecule has 0 bridgehead atoms. The molecule has 3 heteroatoms. The van der Waals surface area contributed by atoms with Crippen LogP contribution in [-0.2, 0) is 0 Å². The second-order valence-corrected chi connectivity index (χ2v) is 3.24. The molecule has 0 saturated heterocycles. The Morgan fingerprint density at radius 2 is 2.00 bits per heavy atom. The summed E-state index contributed by atoms with van der Waals surface area (Å²) in [6.07, 6.45) is 4.05. The minimum Gasteiger partial charge on any atom is -0.432 e. The number of oxazole rings is 1. The SMILES string of the molecule is Brc1ccc(-c2cn[c]o2)cc1. The molecule has 0 atom stereocenters. The molecule has 59 valence electrons. The Morgan fingerprint density at radius 3 is 2.58 bits per heavy atom. The average molecular weight is 223 g/mol. The zero-order valence-electron chi connectivity index (χ0n) is 6.12. The van der Waals surface area contributed by atoms with Crippen LogP contribution in [0.15, 0.2) is 39.4 Å². The fourth-order valence-electron chi connectivity index (χ4n) is 0.934. The molecule has 1 aromatic carbocycles. The standard InChI is InChI=1S/C9H5BrNO/c10-8-3-1-7(2-4-8)9-5-11-6-12-9/h1-5H. The van der Waals surface area contributed by atoms with Gasteiger partial charge < -0.3 is 4.42 Å². The van der Waals surface area contributed by atoms with Crippen LogP contribution in [0.25, 0.3) is 11.3 Å².